The van der Waals surface area contributed by atoms with Gasteiger partial charge in [0.25, 0.3) is 5.91 Å². The molecular weight excluding hydrogens is 315 g/mol. The summed E-state index contributed by atoms with van der Waals surface area (Å²) in [5, 5.41) is 2.37. The zero-order valence-electron chi connectivity index (χ0n) is 12.7. The number of halogens is 1. The second-order valence-corrected chi connectivity index (χ2v) is 5.05. The van der Waals surface area contributed by atoms with Gasteiger partial charge >= 0.3 is 5.97 Å². The molecule has 0 fully saturated rings. The maximum absolute atomic E-state index is 13.5. The molecule has 0 radical (unpaired) electrons. The van der Waals surface area contributed by atoms with Gasteiger partial charge in [0, 0.05) is 0 Å². The van der Waals surface area contributed by atoms with E-state index in [0.717, 1.165) is 0 Å². The summed E-state index contributed by atoms with van der Waals surface area (Å²) in [5.41, 5.74) is 1.31. The second-order valence-electron chi connectivity index (χ2n) is 5.05. The third-order valence-electron chi connectivity index (χ3n) is 3.35. The van der Waals surface area contributed by atoms with Gasteiger partial charge in [-0.3, -0.25) is 4.79 Å². The molecule has 1 amide bonds. The number of nitrogens with zero attached hydrogens (tertiary/aromatic N) is 1. The van der Waals surface area contributed by atoms with Crippen LogP contribution < -0.4 is 5.32 Å². The first-order chi connectivity index (χ1) is 11.5. The average molecular weight is 328 g/mol. The summed E-state index contributed by atoms with van der Waals surface area (Å²) in [6.45, 7) is 1.41. The molecule has 3 aromatic rings. The number of ether oxygens (including phenoxy) is 1. The van der Waals surface area contributed by atoms with E-state index in [9.17, 15) is 14.0 Å². The first-order valence-corrected chi connectivity index (χ1v) is 7.14. The average Bonchev–Trinajstić information content (AvgIpc) is 3.04. The molecular formula is C17H13FN2O4. The van der Waals surface area contributed by atoms with Crippen molar-refractivity contribution in [3.05, 3.63) is 60.2 Å². The van der Waals surface area contributed by atoms with Crippen LogP contribution in [-0.2, 0) is 9.53 Å². The van der Waals surface area contributed by atoms with Crippen molar-refractivity contribution in [3.63, 3.8) is 0 Å². The number of carbonyl (C=O) groups excluding carboxylic acids is 2. The molecule has 0 aliphatic rings. The van der Waals surface area contributed by atoms with E-state index < -0.39 is 23.8 Å². The van der Waals surface area contributed by atoms with Crippen LogP contribution in [0.15, 0.2) is 53.3 Å². The number of benzene rings is 2. The largest absolute Gasteiger partial charge is 0.449 e. The maximum atomic E-state index is 13.5. The van der Waals surface area contributed by atoms with Gasteiger partial charge in [0.1, 0.15) is 11.3 Å². The van der Waals surface area contributed by atoms with Crippen LogP contribution in [0.5, 0.6) is 0 Å². The number of hydrogen-bond donors (Lipinski definition) is 1. The molecule has 0 bridgehead atoms. The topological polar surface area (TPSA) is 81.4 Å². The van der Waals surface area contributed by atoms with E-state index in [1.165, 1.54) is 43.6 Å². The van der Waals surface area contributed by atoms with Gasteiger partial charge in [0.15, 0.2) is 18.1 Å². The molecule has 7 heteroatoms. The lowest BCUT2D eigenvalue weighted by atomic mass is 10.2. The van der Waals surface area contributed by atoms with E-state index in [4.69, 9.17) is 9.15 Å². The van der Waals surface area contributed by atoms with Gasteiger partial charge in [-0.2, -0.15) is 0 Å². The summed E-state index contributed by atoms with van der Waals surface area (Å²) in [6, 6.07) is 10.3. The highest BCUT2D eigenvalue weighted by molar-refractivity contribution is 5.98. The summed E-state index contributed by atoms with van der Waals surface area (Å²) < 4.78 is 23.7. The molecule has 6 nitrogen and oxygen atoms in total. The summed E-state index contributed by atoms with van der Waals surface area (Å²) in [4.78, 5) is 28.1. The van der Waals surface area contributed by atoms with Crippen LogP contribution in [0.1, 0.15) is 17.3 Å². The van der Waals surface area contributed by atoms with E-state index in [2.05, 4.69) is 10.3 Å². The maximum Gasteiger partial charge on any atom is 0.338 e. The molecule has 0 saturated heterocycles. The zero-order valence-corrected chi connectivity index (χ0v) is 12.7. The molecule has 2 aromatic carbocycles. The molecule has 0 aliphatic heterocycles. The Kier molecular flexibility index (Phi) is 4.24. The van der Waals surface area contributed by atoms with Crippen molar-refractivity contribution in [2.45, 2.75) is 13.0 Å². The SMILES string of the molecule is CC(OC(=O)c1ccc2ocnc2c1)C(=O)Nc1ccccc1F. The van der Waals surface area contributed by atoms with Crippen LogP contribution in [0.3, 0.4) is 0 Å². The highest BCUT2D eigenvalue weighted by atomic mass is 19.1. The molecule has 1 heterocycles. The quantitative estimate of drug-likeness (QED) is 0.744. The van der Waals surface area contributed by atoms with E-state index in [-0.39, 0.29) is 11.3 Å². The Morgan fingerprint density at radius 1 is 1.25 bits per heavy atom. The van der Waals surface area contributed by atoms with Gasteiger partial charge in [-0.1, -0.05) is 12.1 Å². The van der Waals surface area contributed by atoms with E-state index in [0.29, 0.717) is 11.1 Å². The number of oxazole rings is 1. The van der Waals surface area contributed by atoms with Crippen LogP contribution in [0.2, 0.25) is 0 Å². The fraction of sp³-hybridized carbons (Fsp3) is 0.118. The summed E-state index contributed by atoms with van der Waals surface area (Å²) in [6.07, 6.45) is 0.176. The van der Waals surface area contributed by atoms with Gasteiger partial charge in [-0.05, 0) is 37.3 Å². The molecule has 24 heavy (non-hydrogen) atoms. The minimum Gasteiger partial charge on any atom is -0.449 e. The smallest absolute Gasteiger partial charge is 0.338 e. The molecule has 1 aromatic heterocycles. The molecule has 0 spiro atoms. The molecule has 0 saturated carbocycles. The van der Waals surface area contributed by atoms with Crippen molar-refractivity contribution in [2.75, 3.05) is 5.32 Å². The van der Waals surface area contributed by atoms with Crippen LogP contribution >= 0.6 is 0 Å². The monoisotopic (exact) mass is 328 g/mol. The summed E-state index contributed by atoms with van der Waals surface area (Å²) >= 11 is 0. The Labute approximate surface area is 136 Å². The van der Waals surface area contributed by atoms with Crippen molar-refractivity contribution in [1.29, 1.82) is 0 Å². The van der Waals surface area contributed by atoms with Crippen LogP contribution in [0.25, 0.3) is 11.1 Å². The standard InChI is InChI=1S/C17H13FN2O4/c1-10(16(21)20-13-5-3-2-4-12(13)18)24-17(22)11-6-7-15-14(8-11)19-9-23-15/h2-10H,1H3,(H,20,21). The molecule has 122 valence electrons. The van der Waals surface area contributed by atoms with Gasteiger partial charge in [0.2, 0.25) is 0 Å². The summed E-state index contributed by atoms with van der Waals surface area (Å²) in [7, 11) is 0. The van der Waals surface area contributed by atoms with E-state index >= 15 is 0 Å². The third-order valence-corrected chi connectivity index (χ3v) is 3.35. The van der Waals surface area contributed by atoms with Gasteiger partial charge in [-0.15, -0.1) is 0 Å². The van der Waals surface area contributed by atoms with Gasteiger partial charge in [-0.25, -0.2) is 14.2 Å². The second kappa shape index (κ2) is 6.49. The number of fused-ring (bicyclic) bond motifs is 1. The Balaban J connectivity index is 1.67. The van der Waals surface area contributed by atoms with Crippen LogP contribution in [0.4, 0.5) is 10.1 Å². The Morgan fingerprint density at radius 3 is 2.83 bits per heavy atom. The number of aromatic nitrogens is 1. The number of hydrogen-bond acceptors (Lipinski definition) is 5. The number of carbonyl (C=O) groups is 2. The van der Waals surface area contributed by atoms with Crippen molar-refractivity contribution in [3.8, 4) is 0 Å². The molecule has 1 N–H and O–H groups in total. The predicted molar refractivity (Wildman–Crippen MR) is 83.9 cm³/mol. The van der Waals surface area contributed by atoms with E-state index in [1.807, 2.05) is 0 Å². The lowest BCUT2D eigenvalue weighted by Gasteiger charge is -2.13. The first kappa shape index (κ1) is 15.7. The zero-order chi connectivity index (χ0) is 17.1. The Morgan fingerprint density at radius 2 is 2.04 bits per heavy atom. The number of para-hydroxylation sites is 1. The number of amides is 1. The number of nitrogens with one attached hydrogen (secondary N) is 1. The van der Waals surface area contributed by atoms with Crippen molar-refractivity contribution in [2.24, 2.45) is 0 Å². The minimum absolute atomic E-state index is 0.0226. The highest BCUT2D eigenvalue weighted by Gasteiger charge is 2.20. The fourth-order valence-electron chi connectivity index (χ4n) is 2.06. The van der Waals surface area contributed by atoms with E-state index in [1.54, 1.807) is 12.1 Å². The van der Waals surface area contributed by atoms with Crippen molar-refractivity contribution < 1.29 is 23.1 Å². The fourth-order valence-corrected chi connectivity index (χ4v) is 2.06. The molecule has 1 unspecified atom stereocenters. The highest BCUT2D eigenvalue weighted by Crippen LogP contribution is 2.16. The molecule has 3 rings (SSSR count). The minimum atomic E-state index is -1.09. The normalized spacial score (nSPS) is 11.9. The Bertz CT molecular complexity index is 906. The third kappa shape index (κ3) is 3.24. The predicted octanol–water partition coefficient (Wildman–Crippen LogP) is 3.15. The summed E-state index contributed by atoms with van der Waals surface area (Å²) in [5.74, 6) is -1.88. The lowest BCUT2D eigenvalue weighted by Crippen LogP contribution is -2.30. The molecule has 0 aliphatic carbocycles. The number of anilines is 1. The van der Waals surface area contributed by atoms with Crippen LogP contribution in [0, 0.1) is 5.82 Å². The van der Waals surface area contributed by atoms with Crippen molar-refractivity contribution in [1.82, 2.24) is 4.98 Å². The van der Waals surface area contributed by atoms with Gasteiger partial charge in [0.05, 0.1) is 11.3 Å². The first-order valence-electron chi connectivity index (χ1n) is 7.14. The van der Waals surface area contributed by atoms with Crippen molar-refractivity contribution >= 4 is 28.7 Å². The van der Waals surface area contributed by atoms with Crippen LogP contribution in [-0.4, -0.2) is 23.0 Å². The van der Waals surface area contributed by atoms with Gasteiger partial charge < -0.3 is 14.5 Å². The number of rotatable bonds is 4. The molecule has 1 atom stereocenters. The Hall–Kier alpha value is -3.22. The number of esters is 1. The lowest BCUT2D eigenvalue weighted by molar-refractivity contribution is -0.123.